The fourth-order valence-electron chi connectivity index (χ4n) is 5.63. The summed E-state index contributed by atoms with van der Waals surface area (Å²) in [5.41, 5.74) is 0.566. The third-order valence-electron chi connectivity index (χ3n) is 7.28. The molecule has 2 amide bonds. The summed E-state index contributed by atoms with van der Waals surface area (Å²) in [4.78, 5) is 54.9. The Balaban J connectivity index is 1.45. The zero-order valence-corrected chi connectivity index (χ0v) is 19.2. The fraction of sp³-hybridized carbons (Fsp3) is 0.143. The highest BCUT2D eigenvalue weighted by Gasteiger charge is 2.63. The fourth-order valence-corrected chi connectivity index (χ4v) is 5.63. The highest BCUT2D eigenvalue weighted by Crippen LogP contribution is 2.47. The Morgan fingerprint density at radius 3 is 2.46 bits per heavy atom. The standard InChI is InChI=1S/C28H18N4O5/c29-15-16-10-11-30-22(12-16)23-24(25(30)26(33)19-6-3-7-21(14-19)32(36)37)28(35)31(27(23)34)20-9-8-17-4-1-2-5-18(17)13-20/h1-14,22-25H/t22-,23-,24+,25-/m0/s1. The average Bonchev–Trinajstić information content (AvgIpc) is 3.39. The van der Waals surface area contributed by atoms with E-state index in [1.54, 1.807) is 29.3 Å². The first kappa shape index (κ1) is 22.4. The van der Waals surface area contributed by atoms with Crippen molar-refractivity contribution in [2.75, 3.05) is 4.90 Å². The second-order valence-corrected chi connectivity index (χ2v) is 9.20. The predicted molar refractivity (Wildman–Crippen MR) is 133 cm³/mol. The van der Waals surface area contributed by atoms with E-state index in [1.165, 1.54) is 30.3 Å². The zero-order chi connectivity index (χ0) is 25.8. The smallest absolute Gasteiger partial charge is 0.270 e. The number of hydrogen-bond acceptors (Lipinski definition) is 7. The molecular weight excluding hydrogens is 472 g/mol. The Labute approximate surface area is 210 Å². The van der Waals surface area contributed by atoms with Crippen molar-refractivity contribution in [2.45, 2.75) is 12.1 Å². The van der Waals surface area contributed by atoms with Gasteiger partial charge in [-0.15, -0.1) is 0 Å². The third-order valence-corrected chi connectivity index (χ3v) is 7.28. The van der Waals surface area contributed by atoms with Gasteiger partial charge in [0, 0.05) is 23.9 Å². The van der Waals surface area contributed by atoms with Gasteiger partial charge >= 0.3 is 0 Å². The Morgan fingerprint density at radius 2 is 1.70 bits per heavy atom. The number of ketones is 1. The molecule has 180 valence electrons. The maximum absolute atomic E-state index is 13.9. The summed E-state index contributed by atoms with van der Waals surface area (Å²) in [5.74, 6) is -3.36. The van der Waals surface area contributed by atoms with E-state index in [9.17, 15) is 29.8 Å². The molecule has 3 aromatic rings. The van der Waals surface area contributed by atoms with Gasteiger partial charge in [0.15, 0.2) is 5.78 Å². The van der Waals surface area contributed by atoms with Crippen molar-refractivity contribution in [3.63, 3.8) is 0 Å². The molecule has 0 saturated carbocycles. The van der Waals surface area contributed by atoms with Gasteiger partial charge in [-0.3, -0.25) is 24.5 Å². The van der Waals surface area contributed by atoms with Gasteiger partial charge in [0.1, 0.15) is 6.04 Å². The SMILES string of the molecule is N#CC1=C[C@H]2[C@@H]3C(=O)N(c4ccc5ccccc5c4)C(=O)[C@H]3[C@@H](C(=O)c3cccc([N+](=O)[O-])c3)N2C=C1. The van der Waals surface area contributed by atoms with Gasteiger partial charge in [0.25, 0.3) is 5.69 Å². The molecule has 0 spiro atoms. The lowest BCUT2D eigenvalue weighted by molar-refractivity contribution is -0.384. The number of nitro groups is 1. The van der Waals surface area contributed by atoms with E-state index >= 15 is 0 Å². The molecule has 3 aliphatic rings. The maximum Gasteiger partial charge on any atom is 0.270 e. The topological polar surface area (TPSA) is 125 Å². The van der Waals surface area contributed by atoms with E-state index in [4.69, 9.17) is 0 Å². The van der Waals surface area contributed by atoms with E-state index in [-0.39, 0.29) is 11.3 Å². The summed E-state index contributed by atoms with van der Waals surface area (Å²) in [7, 11) is 0. The number of rotatable bonds is 4. The van der Waals surface area contributed by atoms with Gasteiger partial charge in [0.05, 0.1) is 40.1 Å². The number of nitrogens with zero attached hydrogens (tertiary/aromatic N) is 4. The third kappa shape index (κ3) is 3.34. The van der Waals surface area contributed by atoms with E-state index in [0.717, 1.165) is 15.7 Å². The molecule has 3 aliphatic heterocycles. The molecule has 6 rings (SSSR count). The minimum Gasteiger partial charge on any atom is -0.359 e. The molecule has 0 bridgehead atoms. The lowest BCUT2D eigenvalue weighted by Gasteiger charge is -2.32. The van der Waals surface area contributed by atoms with Gasteiger partial charge in [-0.2, -0.15) is 5.26 Å². The number of Topliss-reactive ketones (excluding diaryl/α,β-unsaturated/α-hetero) is 1. The maximum atomic E-state index is 13.9. The van der Waals surface area contributed by atoms with Crippen molar-refractivity contribution in [3.8, 4) is 6.07 Å². The Hall–Kier alpha value is -5.10. The van der Waals surface area contributed by atoms with Crippen LogP contribution in [0.3, 0.4) is 0 Å². The van der Waals surface area contributed by atoms with Crippen LogP contribution in [0, 0.1) is 33.3 Å². The van der Waals surface area contributed by atoms with E-state index in [2.05, 4.69) is 6.07 Å². The summed E-state index contributed by atoms with van der Waals surface area (Å²) >= 11 is 0. The van der Waals surface area contributed by atoms with Gasteiger partial charge < -0.3 is 4.90 Å². The van der Waals surface area contributed by atoms with Crippen molar-refractivity contribution in [1.82, 2.24) is 4.90 Å². The van der Waals surface area contributed by atoms with Gasteiger partial charge in [-0.05, 0) is 35.1 Å². The van der Waals surface area contributed by atoms with Gasteiger partial charge in [-0.25, -0.2) is 4.90 Å². The van der Waals surface area contributed by atoms with Crippen LogP contribution < -0.4 is 4.90 Å². The van der Waals surface area contributed by atoms with Crippen LogP contribution in [0.4, 0.5) is 11.4 Å². The number of non-ortho nitro benzene ring substituents is 1. The van der Waals surface area contributed by atoms with Crippen LogP contribution in [0.15, 0.2) is 90.7 Å². The first-order valence-electron chi connectivity index (χ1n) is 11.6. The number of imide groups is 1. The summed E-state index contributed by atoms with van der Waals surface area (Å²) in [5, 5.41) is 22.6. The quantitative estimate of drug-likeness (QED) is 0.236. The summed E-state index contributed by atoms with van der Waals surface area (Å²) in [6, 6.07) is 18.5. The van der Waals surface area contributed by atoms with Crippen LogP contribution in [0.1, 0.15) is 10.4 Å². The molecule has 3 heterocycles. The van der Waals surface area contributed by atoms with Crippen molar-refractivity contribution in [1.29, 1.82) is 5.26 Å². The van der Waals surface area contributed by atoms with Crippen LogP contribution in [0.5, 0.6) is 0 Å². The molecule has 2 fully saturated rings. The first-order valence-corrected chi connectivity index (χ1v) is 11.6. The highest BCUT2D eigenvalue weighted by molar-refractivity contribution is 6.25. The molecule has 9 heteroatoms. The van der Waals surface area contributed by atoms with Crippen LogP contribution >= 0.6 is 0 Å². The number of fused-ring (bicyclic) bond motifs is 4. The molecule has 3 aromatic carbocycles. The molecule has 0 N–H and O–H groups in total. The molecule has 4 atom stereocenters. The number of carbonyl (C=O) groups excluding carboxylic acids is 3. The molecule has 0 aliphatic carbocycles. The minimum absolute atomic E-state index is 0.0754. The van der Waals surface area contributed by atoms with Crippen molar-refractivity contribution >= 4 is 39.7 Å². The average molecular weight is 490 g/mol. The monoisotopic (exact) mass is 490 g/mol. The molecule has 2 saturated heterocycles. The summed E-state index contributed by atoms with van der Waals surface area (Å²) < 4.78 is 0. The molecule has 0 unspecified atom stereocenters. The molecular formula is C28H18N4O5. The van der Waals surface area contributed by atoms with Gasteiger partial charge in [-0.1, -0.05) is 42.5 Å². The number of carbonyl (C=O) groups is 3. The van der Waals surface area contributed by atoms with Crippen LogP contribution in [0.25, 0.3) is 10.8 Å². The summed E-state index contributed by atoms with van der Waals surface area (Å²) in [6.07, 6.45) is 4.69. The minimum atomic E-state index is -1.06. The number of allylic oxidation sites excluding steroid dienone is 2. The van der Waals surface area contributed by atoms with E-state index in [1.807, 2.05) is 30.3 Å². The second kappa shape index (κ2) is 8.24. The summed E-state index contributed by atoms with van der Waals surface area (Å²) in [6.45, 7) is 0. The predicted octanol–water partition coefficient (Wildman–Crippen LogP) is 3.77. The molecule has 9 nitrogen and oxygen atoms in total. The Bertz CT molecular complexity index is 1630. The Kier molecular flexibility index (Phi) is 4.98. The normalized spacial score (nSPS) is 24.0. The second-order valence-electron chi connectivity index (χ2n) is 9.20. The number of nitriles is 1. The lowest BCUT2D eigenvalue weighted by atomic mass is 9.86. The zero-order valence-electron chi connectivity index (χ0n) is 19.2. The number of nitro benzene ring substituents is 1. The number of amides is 2. The number of benzene rings is 3. The van der Waals surface area contributed by atoms with Crippen LogP contribution in [-0.2, 0) is 9.59 Å². The number of hydrogen-bond donors (Lipinski definition) is 0. The highest BCUT2D eigenvalue weighted by atomic mass is 16.6. The lowest BCUT2D eigenvalue weighted by Crippen LogP contribution is -2.46. The molecule has 0 radical (unpaired) electrons. The van der Waals surface area contributed by atoms with Crippen LogP contribution in [-0.4, -0.2) is 39.5 Å². The van der Waals surface area contributed by atoms with Crippen LogP contribution in [0.2, 0.25) is 0 Å². The van der Waals surface area contributed by atoms with E-state index in [0.29, 0.717) is 11.3 Å². The first-order chi connectivity index (χ1) is 17.9. The van der Waals surface area contributed by atoms with Crippen molar-refractivity contribution < 1.29 is 19.3 Å². The molecule has 0 aromatic heterocycles. The van der Waals surface area contributed by atoms with Gasteiger partial charge in [0.2, 0.25) is 11.8 Å². The van der Waals surface area contributed by atoms with E-state index < -0.39 is 46.4 Å². The Morgan fingerprint density at radius 1 is 0.946 bits per heavy atom. The number of anilines is 1. The molecule has 37 heavy (non-hydrogen) atoms. The van der Waals surface area contributed by atoms with Crippen molar-refractivity contribution in [2.24, 2.45) is 11.8 Å². The van der Waals surface area contributed by atoms with Crippen molar-refractivity contribution in [3.05, 3.63) is 106 Å². The largest absolute Gasteiger partial charge is 0.359 e.